The molecule has 2 nitrogen and oxygen atoms in total. The van der Waals surface area contributed by atoms with Crippen molar-refractivity contribution in [3.05, 3.63) is 59.7 Å². The first-order chi connectivity index (χ1) is 7.95. The summed E-state index contributed by atoms with van der Waals surface area (Å²) in [6.07, 6.45) is 11.4. The summed E-state index contributed by atoms with van der Waals surface area (Å²) >= 11 is 0. The minimum Gasteiger partial charge on any atom is -0.265 e. The lowest BCUT2D eigenvalue weighted by molar-refractivity contribution is 0.612. The summed E-state index contributed by atoms with van der Waals surface area (Å²) in [5, 5.41) is 0. The summed E-state index contributed by atoms with van der Waals surface area (Å²) < 4.78 is 0. The quantitative estimate of drug-likeness (QED) is 0.723. The molecule has 2 aromatic rings. The number of aromatic nitrogens is 2. The van der Waals surface area contributed by atoms with E-state index >= 15 is 0 Å². The molecule has 1 atom stereocenters. The molecular formula is C14H14N2. The predicted molar refractivity (Wildman–Crippen MR) is 63.3 cm³/mol. The molecule has 1 aliphatic carbocycles. The summed E-state index contributed by atoms with van der Waals surface area (Å²) in [4.78, 5) is 8.34. The number of fused-ring (bicyclic) bond motifs is 1. The summed E-state index contributed by atoms with van der Waals surface area (Å²) in [6, 6.07) is 6.39. The molecule has 0 fully saturated rings. The third-order valence-corrected chi connectivity index (χ3v) is 3.37. The summed E-state index contributed by atoms with van der Waals surface area (Å²) in [5.74, 6) is 0.514. The van der Waals surface area contributed by atoms with E-state index in [1.807, 2.05) is 24.8 Å². The van der Waals surface area contributed by atoms with E-state index in [4.69, 9.17) is 0 Å². The molecular weight excluding hydrogens is 196 g/mol. The predicted octanol–water partition coefficient (Wildman–Crippen LogP) is 2.94. The van der Waals surface area contributed by atoms with Gasteiger partial charge in [-0.05, 0) is 54.2 Å². The molecule has 2 heterocycles. The van der Waals surface area contributed by atoms with Crippen LogP contribution < -0.4 is 0 Å². The molecule has 0 bridgehead atoms. The van der Waals surface area contributed by atoms with E-state index in [-0.39, 0.29) is 0 Å². The van der Waals surface area contributed by atoms with Gasteiger partial charge in [-0.1, -0.05) is 0 Å². The van der Waals surface area contributed by atoms with Gasteiger partial charge < -0.3 is 0 Å². The topological polar surface area (TPSA) is 25.8 Å². The standard InChI is InChI=1S/C14H14N2/c1-2-11-6-9-16-10-14(11)13(3-1)12-4-7-15-8-5-12/h4-10,13H,1-3H2. The number of rotatable bonds is 1. The first kappa shape index (κ1) is 9.52. The van der Waals surface area contributed by atoms with Crippen LogP contribution in [0.2, 0.25) is 0 Å². The Morgan fingerprint density at radius 2 is 1.81 bits per heavy atom. The van der Waals surface area contributed by atoms with Crippen LogP contribution in [0.3, 0.4) is 0 Å². The molecule has 0 aromatic carbocycles. The van der Waals surface area contributed by atoms with Gasteiger partial charge in [0, 0.05) is 30.7 Å². The van der Waals surface area contributed by atoms with Crippen LogP contribution >= 0.6 is 0 Å². The van der Waals surface area contributed by atoms with Crippen LogP contribution in [-0.2, 0) is 6.42 Å². The maximum Gasteiger partial charge on any atom is 0.0308 e. The highest BCUT2D eigenvalue weighted by molar-refractivity contribution is 5.37. The number of aryl methyl sites for hydroxylation is 1. The second-order valence-corrected chi connectivity index (χ2v) is 4.30. The molecule has 2 heteroatoms. The molecule has 80 valence electrons. The van der Waals surface area contributed by atoms with Gasteiger partial charge in [0.2, 0.25) is 0 Å². The lowest BCUT2D eigenvalue weighted by Gasteiger charge is -2.25. The SMILES string of the molecule is c1cc(C2CCCc3ccncc32)ccn1. The van der Waals surface area contributed by atoms with Crippen LogP contribution in [0.25, 0.3) is 0 Å². The number of pyridine rings is 2. The van der Waals surface area contributed by atoms with Crippen molar-refractivity contribution >= 4 is 0 Å². The van der Waals surface area contributed by atoms with Crippen molar-refractivity contribution < 1.29 is 0 Å². The van der Waals surface area contributed by atoms with Gasteiger partial charge in [-0.2, -0.15) is 0 Å². The van der Waals surface area contributed by atoms with Gasteiger partial charge in [-0.15, -0.1) is 0 Å². The van der Waals surface area contributed by atoms with E-state index in [0.29, 0.717) is 5.92 Å². The van der Waals surface area contributed by atoms with Gasteiger partial charge in [0.15, 0.2) is 0 Å². The monoisotopic (exact) mass is 210 g/mol. The van der Waals surface area contributed by atoms with Crippen molar-refractivity contribution in [3.63, 3.8) is 0 Å². The van der Waals surface area contributed by atoms with Crippen LogP contribution in [0.1, 0.15) is 35.4 Å². The maximum absolute atomic E-state index is 4.26. The smallest absolute Gasteiger partial charge is 0.0308 e. The van der Waals surface area contributed by atoms with Crippen molar-refractivity contribution in [1.82, 2.24) is 9.97 Å². The van der Waals surface area contributed by atoms with Crippen LogP contribution in [0.5, 0.6) is 0 Å². The number of nitrogens with zero attached hydrogens (tertiary/aromatic N) is 2. The van der Waals surface area contributed by atoms with E-state index < -0.39 is 0 Å². The summed E-state index contributed by atoms with van der Waals surface area (Å²) in [5.41, 5.74) is 4.23. The zero-order valence-electron chi connectivity index (χ0n) is 9.13. The largest absolute Gasteiger partial charge is 0.265 e. The molecule has 0 N–H and O–H groups in total. The highest BCUT2D eigenvalue weighted by Crippen LogP contribution is 2.35. The van der Waals surface area contributed by atoms with Crippen molar-refractivity contribution in [2.24, 2.45) is 0 Å². The van der Waals surface area contributed by atoms with Crippen molar-refractivity contribution in [2.75, 3.05) is 0 Å². The van der Waals surface area contributed by atoms with Gasteiger partial charge in [0.05, 0.1) is 0 Å². The van der Waals surface area contributed by atoms with Crippen LogP contribution in [0.4, 0.5) is 0 Å². The fourth-order valence-electron chi connectivity index (χ4n) is 2.57. The zero-order valence-corrected chi connectivity index (χ0v) is 9.13. The van der Waals surface area contributed by atoms with E-state index in [9.17, 15) is 0 Å². The molecule has 0 saturated heterocycles. The lowest BCUT2D eigenvalue weighted by Crippen LogP contribution is -2.11. The van der Waals surface area contributed by atoms with E-state index in [1.54, 1.807) is 0 Å². The molecule has 2 aromatic heterocycles. The molecule has 16 heavy (non-hydrogen) atoms. The molecule has 0 amide bonds. The van der Waals surface area contributed by atoms with Gasteiger partial charge in [-0.25, -0.2) is 0 Å². The van der Waals surface area contributed by atoms with E-state index in [1.165, 1.54) is 36.0 Å². The second-order valence-electron chi connectivity index (χ2n) is 4.30. The first-order valence-corrected chi connectivity index (χ1v) is 5.78. The van der Waals surface area contributed by atoms with E-state index in [0.717, 1.165) is 0 Å². The van der Waals surface area contributed by atoms with Crippen molar-refractivity contribution in [2.45, 2.75) is 25.2 Å². The highest BCUT2D eigenvalue weighted by Gasteiger charge is 2.21. The summed E-state index contributed by atoms with van der Waals surface area (Å²) in [7, 11) is 0. The Labute approximate surface area is 95.4 Å². The Bertz CT molecular complexity index is 479. The first-order valence-electron chi connectivity index (χ1n) is 5.78. The number of hydrogen-bond acceptors (Lipinski definition) is 2. The molecule has 1 aliphatic rings. The third-order valence-electron chi connectivity index (χ3n) is 3.37. The minimum atomic E-state index is 0.514. The third kappa shape index (κ3) is 1.60. The van der Waals surface area contributed by atoms with Gasteiger partial charge in [0.1, 0.15) is 0 Å². The van der Waals surface area contributed by atoms with Crippen molar-refractivity contribution in [3.8, 4) is 0 Å². The molecule has 0 aliphatic heterocycles. The Morgan fingerprint density at radius 1 is 1.00 bits per heavy atom. The molecule has 0 radical (unpaired) electrons. The fourth-order valence-corrected chi connectivity index (χ4v) is 2.57. The van der Waals surface area contributed by atoms with Crippen molar-refractivity contribution in [1.29, 1.82) is 0 Å². The number of hydrogen-bond donors (Lipinski definition) is 0. The van der Waals surface area contributed by atoms with Gasteiger partial charge in [-0.3, -0.25) is 9.97 Å². The average molecular weight is 210 g/mol. The fraction of sp³-hybridized carbons (Fsp3) is 0.286. The van der Waals surface area contributed by atoms with Crippen LogP contribution in [-0.4, -0.2) is 9.97 Å². The average Bonchev–Trinajstić information content (AvgIpc) is 2.39. The Hall–Kier alpha value is -1.70. The second kappa shape index (κ2) is 4.05. The molecule has 0 spiro atoms. The lowest BCUT2D eigenvalue weighted by atomic mass is 9.80. The van der Waals surface area contributed by atoms with Crippen LogP contribution in [0.15, 0.2) is 43.0 Å². The summed E-state index contributed by atoms with van der Waals surface area (Å²) in [6.45, 7) is 0. The highest BCUT2D eigenvalue weighted by atomic mass is 14.6. The van der Waals surface area contributed by atoms with E-state index in [2.05, 4.69) is 28.2 Å². The Morgan fingerprint density at radius 3 is 2.69 bits per heavy atom. The molecule has 0 saturated carbocycles. The zero-order chi connectivity index (χ0) is 10.8. The maximum atomic E-state index is 4.26. The van der Waals surface area contributed by atoms with Crippen LogP contribution in [0, 0.1) is 0 Å². The molecule has 3 rings (SSSR count). The van der Waals surface area contributed by atoms with Gasteiger partial charge >= 0.3 is 0 Å². The van der Waals surface area contributed by atoms with Gasteiger partial charge in [0.25, 0.3) is 0 Å². The Balaban J connectivity index is 2.05. The molecule has 1 unspecified atom stereocenters. The Kier molecular flexibility index (Phi) is 2.41. The minimum absolute atomic E-state index is 0.514. The normalized spacial score (nSPS) is 19.1.